The molecule has 0 spiro atoms. The van der Waals surface area contributed by atoms with Crippen LogP contribution in [-0.4, -0.2) is 14.2 Å². The van der Waals surface area contributed by atoms with Gasteiger partial charge >= 0.3 is 0 Å². The largest absolute Gasteiger partial charge is 0.493 e. The molecule has 4 heteroatoms. The number of rotatable bonds is 6. The van der Waals surface area contributed by atoms with Crippen molar-refractivity contribution in [1.82, 2.24) is 5.32 Å². The fourth-order valence-corrected chi connectivity index (χ4v) is 2.62. The van der Waals surface area contributed by atoms with Crippen LogP contribution in [0.5, 0.6) is 11.5 Å². The standard InChI is InChI=1S/C17H20BrNO2/c1-12(13-7-5-4-6-8-13)19-11-14-9-16(20-2)17(21-3)10-15(14)18/h4-10,12,19H,11H2,1-3H3/t12-/m1/s1. The van der Waals surface area contributed by atoms with Gasteiger partial charge in [0.15, 0.2) is 11.5 Å². The molecule has 3 nitrogen and oxygen atoms in total. The summed E-state index contributed by atoms with van der Waals surface area (Å²) in [5.41, 5.74) is 2.41. The predicted molar refractivity (Wildman–Crippen MR) is 88.9 cm³/mol. The van der Waals surface area contributed by atoms with Gasteiger partial charge in [0.05, 0.1) is 14.2 Å². The molecule has 1 atom stereocenters. The van der Waals surface area contributed by atoms with Crippen molar-refractivity contribution in [2.45, 2.75) is 19.5 Å². The molecule has 2 aromatic rings. The molecule has 0 radical (unpaired) electrons. The van der Waals surface area contributed by atoms with Crippen LogP contribution in [0.4, 0.5) is 0 Å². The monoisotopic (exact) mass is 349 g/mol. The molecule has 0 fully saturated rings. The highest BCUT2D eigenvalue weighted by atomic mass is 79.9. The van der Waals surface area contributed by atoms with Gasteiger partial charge in [-0.05, 0) is 30.2 Å². The van der Waals surface area contributed by atoms with E-state index < -0.39 is 0 Å². The maximum Gasteiger partial charge on any atom is 0.161 e. The van der Waals surface area contributed by atoms with Crippen molar-refractivity contribution in [3.05, 3.63) is 58.1 Å². The van der Waals surface area contributed by atoms with E-state index in [1.54, 1.807) is 14.2 Å². The zero-order valence-electron chi connectivity index (χ0n) is 12.5. The molecule has 0 saturated carbocycles. The summed E-state index contributed by atoms with van der Waals surface area (Å²) in [6.45, 7) is 2.90. The van der Waals surface area contributed by atoms with E-state index >= 15 is 0 Å². The molecular formula is C17H20BrNO2. The first-order valence-corrected chi connectivity index (χ1v) is 7.63. The second-order valence-electron chi connectivity index (χ2n) is 4.81. The van der Waals surface area contributed by atoms with Crippen LogP contribution < -0.4 is 14.8 Å². The van der Waals surface area contributed by atoms with E-state index in [-0.39, 0.29) is 6.04 Å². The number of halogens is 1. The highest BCUT2D eigenvalue weighted by Crippen LogP contribution is 2.33. The lowest BCUT2D eigenvalue weighted by atomic mass is 10.1. The van der Waals surface area contributed by atoms with Crippen LogP contribution in [0.2, 0.25) is 0 Å². The highest BCUT2D eigenvalue weighted by molar-refractivity contribution is 9.10. The lowest BCUT2D eigenvalue weighted by Gasteiger charge is -2.16. The SMILES string of the molecule is COc1cc(Br)c(CN[C@H](C)c2ccccc2)cc1OC. The first-order chi connectivity index (χ1) is 10.2. The van der Waals surface area contributed by atoms with Crippen molar-refractivity contribution in [3.63, 3.8) is 0 Å². The first-order valence-electron chi connectivity index (χ1n) is 6.84. The third-order valence-electron chi connectivity index (χ3n) is 3.45. The van der Waals surface area contributed by atoms with Gasteiger partial charge in [0, 0.05) is 17.1 Å². The maximum atomic E-state index is 5.35. The Labute approximate surface area is 134 Å². The Morgan fingerprint density at radius 3 is 2.29 bits per heavy atom. The summed E-state index contributed by atoms with van der Waals surface area (Å²) in [5.74, 6) is 1.47. The van der Waals surface area contributed by atoms with E-state index in [4.69, 9.17) is 9.47 Å². The Hall–Kier alpha value is -1.52. The molecule has 112 valence electrons. The summed E-state index contributed by atoms with van der Waals surface area (Å²) < 4.78 is 11.6. The normalized spacial score (nSPS) is 12.0. The van der Waals surface area contributed by atoms with E-state index in [0.29, 0.717) is 0 Å². The Balaban J connectivity index is 2.09. The van der Waals surface area contributed by atoms with Crippen LogP contribution in [0, 0.1) is 0 Å². The Morgan fingerprint density at radius 2 is 1.67 bits per heavy atom. The van der Waals surface area contributed by atoms with Gasteiger partial charge in [-0.15, -0.1) is 0 Å². The van der Waals surface area contributed by atoms with Gasteiger partial charge in [-0.25, -0.2) is 0 Å². The zero-order chi connectivity index (χ0) is 15.2. The third-order valence-corrected chi connectivity index (χ3v) is 4.19. The van der Waals surface area contributed by atoms with E-state index in [1.807, 2.05) is 18.2 Å². The van der Waals surface area contributed by atoms with E-state index in [1.165, 1.54) is 5.56 Å². The van der Waals surface area contributed by atoms with Crippen molar-refractivity contribution >= 4 is 15.9 Å². The smallest absolute Gasteiger partial charge is 0.161 e. The number of nitrogens with one attached hydrogen (secondary N) is 1. The quantitative estimate of drug-likeness (QED) is 0.842. The summed E-state index contributed by atoms with van der Waals surface area (Å²) >= 11 is 3.58. The first kappa shape index (κ1) is 15.9. The van der Waals surface area contributed by atoms with E-state index in [2.05, 4.69) is 52.4 Å². The Kier molecular flexibility index (Phi) is 5.65. The number of methoxy groups -OCH3 is 2. The highest BCUT2D eigenvalue weighted by Gasteiger charge is 2.11. The molecule has 0 heterocycles. The van der Waals surface area contributed by atoms with Gasteiger partial charge in [-0.3, -0.25) is 0 Å². The van der Waals surface area contributed by atoms with Gasteiger partial charge in [-0.2, -0.15) is 0 Å². The van der Waals surface area contributed by atoms with Gasteiger partial charge in [-0.1, -0.05) is 46.3 Å². The predicted octanol–water partition coefficient (Wildman–Crippen LogP) is 4.32. The fraction of sp³-hybridized carbons (Fsp3) is 0.294. The molecular weight excluding hydrogens is 330 g/mol. The summed E-state index contributed by atoms with van der Waals surface area (Å²) in [6, 6.07) is 14.6. The lowest BCUT2D eigenvalue weighted by Crippen LogP contribution is -2.18. The Morgan fingerprint density at radius 1 is 1.05 bits per heavy atom. The Bertz CT molecular complexity index is 587. The van der Waals surface area contributed by atoms with Crippen LogP contribution >= 0.6 is 15.9 Å². The zero-order valence-corrected chi connectivity index (χ0v) is 14.1. The molecule has 0 aromatic heterocycles. The van der Waals surface area contributed by atoms with Crippen LogP contribution in [0.15, 0.2) is 46.9 Å². The van der Waals surface area contributed by atoms with Gasteiger partial charge < -0.3 is 14.8 Å². The van der Waals surface area contributed by atoms with Gasteiger partial charge in [0.25, 0.3) is 0 Å². The van der Waals surface area contributed by atoms with Crippen LogP contribution in [0.1, 0.15) is 24.1 Å². The number of benzene rings is 2. The third kappa shape index (κ3) is 3.99. The molecule has 0 unspecified atom stereocenters. The molecule has 1 N–H and O–H groups in total. The molecule has 0 bridgehead atoms. The molecule has 21 heavy (non-hydrogen) atoms. The molecule has 2 aromatic carbocycles. The van der Waals surface area contributed by atoms with Crippen molar-refractivity contribution in [3.8, 4) is 11.5 Å². The molecule has 0 saturated heterocycles. The van der Waals surface area contributed by atoms with Crippen molar-refractivity contribution < 1.29 is 9.47 Å². The summed E-state index contributed by atoms with van der Waals surface area (Å²) in [7, 11) is 3.29. The average molecular weight is 350 g/mol. The van der Waals surface area contributed by atoms with Crippen LogP contribution in [0.3, 0.4) is 0 Å². The minimum Gasteiger partial charge on any atom is -0.493 e. The average Bonchev–Trinajstić information content (AvgIpc) is 2.53. The number of hydrogen-bond acceptors (Lipinski definition) is 3. The minimum atomic E-state index is 0.284. The van der Waals surface area contributed by atoms with E-state index in [0.717, 1.165) is 28.1 Å². The second kappa shape index (κ2) is 7.48. The number of ether oxygens (including phenoxy) is 2. The van der Waals surface area contributed by atoms with Crippen molar-refractivity contribution in [2.24, 2.45) is 0 Å². The lowest BCUT2D eigenvalue weighted by molar-refractivity contribution is 0.354. The van der Waals surface area contributed by atoms with Gasteiger partial charge in [0.1, 0.15) is 0 Å². The second-order valence-corrected chi connectivity index (χ2v) is 5.67. The minimum absolute atomic E-state index is 0.284. The molecule has 0 aliphatic heterocycles. The van der Waals surface area contributed by atoms with Gasteiger partial charge in [0.2, 0.25) is 0 Å². The summed E-state index contributed by atoms with van der Waals surface area (Å²) in [4.78, 5) is 0. The maximum absolute atomic E-state index is 5.35. The molecule has 0 amide bonds. The van der Waals surface area contributed by atoms with Crippen molar-refractivity contribution in [1.29, 1.82) is 0 Å². The fourth-order valence-electron chi connectivity index (χ4n) is 2.15. The van der Waals surface area contributed by atoms with Crippen molar-refractivity contribution in [2.75, 3.05) is 14.2 Å². The van der Waals surface area contributed by atoms with Crippen LogP contribution in [0.25, 0.3) is 0 Å². The summed E-state index contributed by atoms with van der Waals surface area (Å²) in [6.07, 6.45) is 0. The molecule has 0 aliphatic rings. The van der Waals surface area contributed by atoms with Crippen LogP contribution in [-0.2, 0) is 6.54 Å². The molecule has 2 rings (SSSR count). The summed E-state index contributed by atoms with van der Waals surface area (Å²) in [5, 5.41) is 3.52. The topological polar surface area (TPSA) is 30.5 Å². The molecule has 0 aliphatic carbocycles. The number of hydrogen-bond donors (Lipinski definition) is 1. The van der Waals surface area contributed by atoms with E-state index in [9.17, 15) is 0 Å².